The maximum atomic E-state index is 12.0. The highest BCUT2D eigenvalue weighted by Crippen LogP contribution is 2.24. The molecule has 0 aromatic heterocycles. The van der Waals surface area contributed by atoms with Gasteiger partial charge >= 0.3 is 5.97 Å². The molecule has 0 atom stereocenters. The molecule has 1 heterocycles. The zero-order valence-corrected chi connectivity index (χ0v) is 15.8. The number of cyclic esters (lactones) is 1. The SMILES string of the molecule is COc1ccc(/C=C2\N=C(c3ccc(I)c(Br)c3)OC2=O)cc1. The third-order valence-corrected chi connectivity index (χ3v) is 5.54. The summed E-state index contributed by atoms with van der Waals surface area (Å²) >= 11 is 5.68. The normalized spacial score (nSPS) is 15.5. The van der Waals surface area contributed by atoms with E-state index in [1.165, 1.54) is 0 Å². The Morgan fingerprint density at radius 1 is 1.22 bits per heavy atom. The molecule has 0 fully saturated rings. The molecule has 0 N–H and O–H groups in total. The summed E-state index contributed by atoms with van der Waals surface area (Å²) in [4.78, 5) is 16.3. The van der Waals surface area contributed by atoms with Crippen molar-refractivity contribution in [3.8, 4) is 5.75 Å². The van der Waals surface area contributed by atoms with Crippen LogP contribution in [0.1, 0.15) is 11.1 Å². The van der Waals surface area contributed by atoms with Crippen LogP contribution in [0.2, 0.25) is 0 Å². The van der Waals surface area contributed by atoms with E-state index in [0.29, 0.717) is 5.90 Å². The molecule has 0 saturated heterocycles. The molecule has 0 unspecified atom stereocenters. The third-order valence-electron chi connectivity index (χ3n) is 3.21. The average molecular weight is 484 g/mol. The van der Waals surface area contributed by atoms with Gasteiger partial charge in [0, 0.05) is 13.6 Å². The molecule has 6 heteroatoms. The number of hydrogen-bond acceptors (Lipinski definition) is 4. The molecule has 2 aromatic carbocycles. The van der Waals surface area contributed by atoms with Crippen LogP contribution in [0.5, 0.6) is 5.75 Å². The Balaban J connectivity index is 1.90. The standard InChI is InChI=1S/C17H11BrINO3/c1-22-12-5-2-10(3-6-12)8-15-17(21)23-16(20-15)11-4-7-14(19)13(18)9-11/h2-9H,1H3/b15-8-. The highest BCUT2D eigenvalue weighted by atomic mass is 127. The third kappa shape index (κ3) is 3.64. The van der Waals surface area contributed by atoms with E-state index in [0.717, 1.165) is 24.9 Å². The van der Waals surface area contributed by atoms with Crippen LogP contribution in [0.15, 0.2) is 57.6 Å². The number of hydrogen-bond donors (Lipinski definition) is 0. The molecular weight excluding hydrogens is 473 g/mol. The van der Waals surface area contributed by atoms with Crippen molar-refractivity contribution >= 4 is 56.5 Å². The molecule has 3 rings (SSSR count). The highest BCUT2D eigenvalue weighted by molar-refractivity contribution is 14.1. The van der Waals surface area contributed by atoms with Crippen molar-refractivity contribution in [3.63, 3.8) is 0 Å². The van der Waals surface area contributed by atoms with Gasteiger partial charge in [0.25, 0.3) is 0 Å². The molecular formula is C17H11BrINO3. The highest BCUT2D eigenvalue weighted by Gasteiger charge is 2.24. The van der Waals surface area contributed by atoms with E-state index in [9.17, 15) is 4.79 Å². The van der Waals surface area contributed by atoms with Crippen LogP contribution in [0.3, 0.4) is 0 Å². The summed E-state index contributed by atoms with van der Waals surface area (Å²) < 4.78 is 12.4. The second-order valence-corrected chi connectivity index (χ2v) is 6.75. The topological polar surface area (TPSA) is 47.9 Å². The first-order chi connectivity index (χ1) is 11.1. The number of carbonyl (C=O) groups excluding carboxylic acids is 1. The molecule has 116 valence electrons. The first-order valence-corrected chi connectivity index (χ1v) is 8.56. The van der Waals surface area contributed by atoms with Crippen molar-refractivity contribution in [2.45, 2.75) is 0 Å². The number of halogens is 2. The van der Waals surface area contributed by atoms with Crippen molar-refractivity contribution < 1.29 is 14.3 Å². The first kappa shape index (κ1) is 16.2. The van der Waals surface area contributed by atoms with E-state index >= 15 is 0 Å². The van der Waals surface area contributed by atoms with Crippen LogP contribution in [0.4, 0.5) is 0 Å². The molecule has 0 aliphatic carbocycles. The van der Waals surface area contributed by atoms with Crippen molar-refractivity contribution in [3.05, 3.63) is 67.3 Å². The van der Waals surface area contributed by atoms with Crippen molar-refractivity contribution in [2.75, 3.05) is 7.11 Å². The maximum Gasteiger partial charge on any atom is 0.363 e. The van der Waals surface area contributed by atoms with Gasteiger partial charge in [-0.1, -0.05) is 12.1 Å². The van der Waals surface area contributed by atoms with Crippen molar-refractivity contribution in [1.82, 2.24) is 0 Å². The second-order valence-electron chi connectivity index (χ2n) is 4.74. The van der Waals surface area contributed by atoms with Gasteiger partial charge < -0.3 is 9.47 Å². The number of benzene rings is 2. The van der Waals surface area contributed by atoms with Gasteiger partial charge in [-0.2, -0.15) is 0 Å². The van der Waals surface area contributed by atoms with Crippen LogP contribution in [-0.2, 0) is 9.53 Å². The van der Waals surface area contributed by atoms with Gasteiger partial charge in [0.2, 0.25) is 5.90 Å². The summed E-state index contributed by atoms with van der Waals surface area (Å²) in [6.07, 6.45) is 1.69. The Kier molecular flexibility index (Phi) is 4.82. The van der Waals surface area contributed by atoms with E-state index in [-0.39, 0.29) is 5.70 Å². The summed E-state index contributed by atoms with van der Waals surface area (Å²) in [5.74, 6) is 0.617. The van der Waals surface area contributed by atoms with E-state index in [2.05, 4.69) is 43.5 Å². The molecule has 0 spiro atoms. The lowest BCUT2D eigenvalue weighted by Gasteiger charge is -2.01. The Labute approximate surface area is 155 Å². The Hall–Kier alpha value is -1.67. The summed E-state index contributed by atoms with van der Waals surface area (Å²) in [6, 6.07) is 13.0. The van der Waals surface area contributed by atoms with E-state index in [1.54, 1.807) is 13.2 Å². The number of ether oxygens (including phenoxy) is 2. The number of methoxy groups -OCH3 is 1. The number of carbonyl (C=O) groups is 1. The van der Waals surface area contributed by atoms with Crippen LogP contribution < -0.4 is 4.74 Å². The predicted molar refractivity (Wildman–Crippen MR) is 100 cm³/mol. The van der Waals surface area contributed by atoms with Gasteiger partial charge in [-0.3, -0.25) is 0 Å². The summed E-state index contributed by atoms with van der Waals surface area (Å²) in [5, 5.41) is 0. The van der Waals surface area contributed by atoms with Gasteiger partial charge in [-0.25, -0.2) is 9.79 Å². The zero-order chi connectivity index (χ0) is 16.4. The lowest BCUT2D eigenvalue weighted by molar-refractivity contribution is -0.129. The van der Waals surface area contributed by atoms with Gasteiger partial charge in [0.15, 0.2) is 5.70 Å². The summed E-state index contributed by atoms with van der Waals surface area (Å²) in [5.41, 5.74) is 1.88. The molecule has 2 aromatic rings. The molecule has 1 aliphatic heterocycles. The minimum absolute atomic E-state index is 0.278. The molecule has 1 aliphatic rings. The fraction of sp³-hybridized carbons (Fsp3) is 0.0588. The largest absolute Gasteiger partial charge is 0.497 e. The number of nitrogens with zero attached hydrogens (tertiary/aromatic N) is 1. The molecule has 23 heavy (non-hydrogen) atoms. The summed E-state index contributed by atoms with van der Waals surface area (Å²) in [6.45, 7) is 0. The van der Waals surface area contributed by atoms with Gasteiger partial charge in [0.1, 0.15) is 5.75 Å². The summed E-state index contributed by atoms with van der Waals surface area (Å²) in [7, 11) is 1.61. The number of rotatable bonds is 3. The Morgan fingerprint density at radius 2 is 1.96 bits per heavy atom. The minimum atomic E-state index is -0.453. The van der Waals surface area contributed by atoms with Gasteiger partial charge in [-0.15, -0.1) is 0 Å². The van der Waals surface area contributed by atoms with Crippen molar-refractivity contribution in [1.29, 1.82) is 0 Å². The lowest BCUT2D eigenvalue weighted by Crippen LogP contribution is -2.05. The predicted octanol–water partition coefficient (Wildman–Crippen LogP) is 4.41. The zero-order valence-electron chi connectivity index (χ0n) is 12.0. The van der Waals surface area contributed by atoms with E-state index in [1.807, 2.05) is 42.5 Å². The second kappa shape index (κ2) is 6.84. The van der Waals surface area contributed by atoms with E-state index < -0.39 is 5.97 Å². The lowest BCUT2D eigenvalue weighted by atomic mass is 10.2. The first-order valence-electron chi connectivity index (χ1n) is 6.69. The number of aliphatic imine (C=N–C) groups is 1. The smallest absolute Gasteiger partial charge is 0.363 e. The fourth-order valence-electron chi connectivity index (χ4n) is 2.02. The minimum Gasteiger partial charge on any atom is -0.497 e. The number of esters is 1. The molecule has 4 nitrogen and oxygen atoms in total. The Morgan fingerprint density at radius 3 is 2.61 bits per heavy atom. The van der Waals surface area contributed by atoms with Crippen LogP contribution in [-0.4, -0.2) is 19.0 Å². The monoisotopic (exact) mass is 483 g/mol. The van der Waals surface area contributed by atoms with Crippen LogP contribution >= 0.6 is 38.5 Å². The molecule has 0 saturated carbocycles. The molecule has 0 bridgehead atoms. The Bertz CT molecular complexity index is 828. The van der Waals surface area contributed by atoms with E-state index in [4.69, 9.17) is 9.47 Å². The average Bonchev–Trinajstić information content (AvgIpc) is 2.92. The molecule has 0 radical (unpaired) electrons. The van der Waals surface area contributed by atoms with Gasteiger partial charge in [0.05, 0.1) is 7.11 Å². The fourth-order valence-corrected chi connectivity index (χ4v) is 2.73. The maximum absolute atomic E-state index is 12.0. The van der Waals surface area contributed by atoms with Gasteiger partial charge in [-0.05, 0) is 80.5 Å². The quantitative estimate of drug-likeness (QED) is 0.369. The van der Waals surface area contributed by atoms with Crippen LogP contribution in [0.25, 0.3) is 6.08 Å². The molecule has 0 amide bonds. The van der Waals surface area contributed by atoms with Crippen LogP contribution in [0, 0.1) is 3.57 Å². The van der Waals surface area contributed by atoms with Crippen molar-refractivity contribution in [2.24, 2.45) is 4.99 Å².